The van der Waals surface area contributed by atoms with Crippen molar-refractivity contribution in [3.8, 4) is 0 Å². The van der Waals surface area contributed by atoms with Gasteiger partial charge in [-0.05, 0) is 19.8 Å². The van der Waals surface area contributed by atoms with Crippen LogP contribution < -0.4 is 10.0 Å². The van der Waals surface area contributed by atoms with Crippen molar-refractivity contribution in [1.29, 1.82) is 0 Å². The fraction of sp³-hybridized carbons (Fsp3) is 1.00. The summed E-state index contributed by atoms with van der Waals surface area (Å²) in [5, 5.41) is 3.44. The number of ether oxygens (including phenoxy) is 1. The van der Waals surface area contributed by atoms with E-state index < -0.39 is 10.0 Å². The summed E-state index contributed by atoms with van der Waals surface area (Å²) in [6.07, 6.45) is 7.40. The predicted molar refractivity (Wildman–Crippen MR) is 77.8 cm³/mol. The summed E-state index contributed by atoms with van der Waals surface area (Å²) in [7, 11) is -1.70. The highest BCUT2D eigenvalue weighted by Crippen LogP contribution is 2.16. The molecule has 19 heavy (non-hydrogen) atoms. The molecule has 0 aromatic rings. The van der Waals surface area contributed by atoms with E-state index in [0.717, 1.165) is 0 Å². The molecule has 0 aromatic carbocycles. The third-order valence-electron chi connectivity index (χ3n) is 3.59. The van der Waals surface area contributed by atoms with Crippen molar-refractivity contribution in [3.05, 3.63) is 0 Å². The summed E-state index contributed by atoms with van der Waals surface area (Å²) < 4.78 is 30.9. The molecule has 114 valence electrons. The summed E-state index contributed by atoms with van der Waals surface area (Å²) in [5.74, 6) is 0.0208. The molecule has 1 fully saturated rings. The molecule has 0 saturated heterocycles. The van der Waals surface area contributed by atoms with E-state index in [0.29, 0.717) is 19.1 Å². The topological polar surface area (TPSA) is 67.4 Å². The standard InChI is InChI=1S/C13H28N2O3S/c1-12(18-2)11-19(16,17)15-10-9-14-13-7-5-3-4-6-8-13/h12-15H,3-11H2,1-2H3. The summed E-state index contributed by atoms with van der Waals surface area (Å²) >= 11 is 0. The minimum atomic E-state index is -3.22. The van der Waals surface area contributed by atoms with Crippen LogP contribution in [0.1, 0.15) is 45.4 Å². The van der Waals surface area contributed by atoms with Crippen LogP contribution in [0, 0.1) is 0 Å². The van der Waals surface area contributed by atoms with Crippen LogP contribution in [0.3, 0.4) is 0 Å². The van der Waals surface area contributed by atoms with Crippen molar-refractivity contribution in [2.75, 3.05) is 26.0 Å². The maximum atomic E-state index is 11.7. The third kappa shape index (κ3) is 7.87. The van der Waals surface area contributed by atoms with Gasteiger partial charge in [0.15, 0.2) is 0 Å². The van der Waals surface area contributed by atoms with Gasteiger partial charge >= 0.3 is 0 Å². The van der Waals surface area contributed by atoms with Crippen molar-refractivity contribution in [2.45, 2.75) is 57.6 Å². The summed E-state index contributed by atoms with van der Waals surface area (Å²) in [4.78, 5) is 0. The van der Waals surface area contributed by atoms with Crippen LogP contribution in [0.2, 0.25) is 0 Å². The van der Waals surface area contributed by atoms with Gasteiger partial charge in [0.2, 0.25) is 10.0 Å². The van der Waals surface area contributed by atoms with Gasteiger partial charge < -0.3 is 10.1 Å². The Morgan fingerprint density at radius 1 is 1.16 bits per heavy atom. The van der Waals surface area contributed by atoms with E-state index in [2.05, 4.69) is 10.0 Å². The van der Waals surface area contributed by atoms with Crippen LogP contribution in [0.4, 0.5) is 0 Å². The van der Waals surface area contributed by atoms with Crippen LogP contribution in [0.5, 0.6) is 0 Å². The molecular weight excluding hydrogens is 264 g/mol. The number of rotatable bonds is 8. The van der Waals surface area contributed by atoms with Crippen LogP contribution in [-0.2, 0) is 14.8 Å². The highest BCUT2D eigenvalue weighted by atomic mass is 32.2. The van der Waals surface area contributed by atoms with E-state index in [1.165, 1.54) is 45.6 Å². The van der Waals surface area contributed by atoms with Crippen LogP contribution in [-0.4, -0.2) is 46.5 Å². The van der Waals surface area contributed by atoms with E-state index >= 15 is 0 Å². The fourth-order valence-electron chi connectivity index (χ4n) is 2.40. The van der Waals surface area contributed by atoms with Gasteiger partial charge in [0.1, 0.15) is 0 Å². The van der Waals surface area contributed by atoms with E-state index in [9.17, 15) is 8.42 Å². The second kappa shape index (κ2) is 8.89. The third-order valence-corrected chi connectivity index (χ3v) is 5.14. The van der Waals surface area contributed by atoms with Crippen molar-refractivity contribution in [2.24, 2.45) is 0 Å². The van der Waals surface area contributed by atoms with Crippen molar-refractivity contribution < 1.29 is 13.2 Å². The summed E-state index contributed by atoms with van der Waals surface area (Å²) in [6, 6.07) is 0.560. The first-order valence-corrected chi connectivity index (χ1v) is 8.92. The van der Waals surface area contributed by atoms with Gasteiger partial charge in [0, 0.05) is 26.2 Å². The molecule has 5 nitrogen and oxygen atoms in total. The molecule has 2 N–H and O–H groups in total. The lowest BCUT2D eigenvalue weighted by Crippen LogP contribution is -2.39. The first-order chi connectivity index (χ1) is 9.03. The van der Waals surface area contributed by atoms with Gasteiger partial charge in [0.25, 0.3) is 0 Å². The molecule has 0 amide bonds. The fourth-order valence-corrected chi connectivity index (χ4v) is 3.69. The number of methoxy groups -OCH3 is 1. The van der Waals surface area contributed by atoms with Gasteiger partial charge in [0.05, 0.1) is 11.9 Å². The molecule has 0 bridgehead atoms. The normalized spacial score (nSPS) is 20.1. The maximum absolute atomic E-state index is 11.7. The molecule has 1 atom stereocenters. The van der Waals surface area contributed by atoms with Crippen LogP contribution in [0.15, 0.2) is 0 Å². The Labute approximate surface area is 117 Å². The van der Waals surface area contributed by atoms with Crippen molar-refractivity contribution >= 4 is 10.0 Å². The second-order valence-corrected chi connectivity index (χ2v) is 7.22. The lowest BCUT2D eigenvalue weighted by atomic mass is 10.1. The van der Waals surface area contributed by atoms with Gasteiger partial charge in [-0.15, -0.1) is 0 Å². The monoisotopic (exact) mass is 292 g/mol. The quantitative estimate of drug-likeness (QED) is 0.522. The highest BCUT2D eigenvalue weighted by Gasteiger charge is 2.15. The Hall–Kier alpha value is -0.170. The molecule has 6 heteroatoms. The van der Waals surface area contributed by atoms with Crippen molar-refractivity contribution in [1.82, 2.24) is 10.0 Å². The first-order valence-electron chi connectivity index (χ1n) is 7.27. The Bertz CT molecular complexity index is 325. The smallest absolute Gasteiger partial charge is 0.214 e. The minimum absolute atomic E-state index is 0.0208. The van der Waals surface area contributed by atoms with E-state index in [1.54, 1.807) is 6.92 Å². The highest BCUT2D eigenvalue weighted by molar-refractivity contribution is 7.89. The zero-order valence-electron chi connectivity index (χ0n) is 12.2. The zero-order valence-corrected chi connectivity index (χ0v) is 13.0. The van der Waals surface area contributed by atoms with Crippen LogP contribution in [0.25, 0.3) is 0 Å². The SMILES string of the molecule is COC(C)CS(=O)(=O)NCCNC1CCCCCC1. The average Bonchev–Trinajstić information content (AvgIpc) is 2.62. The molecule has 0 aromatic heterocycles. The molecule has 0 heterocycles. The molecule has 1 unspecified atom stereocenters. The average molecular weight is 292 g/mol. The lowest BCUT2D eigenvalue weighted by Gasteiger charge is -2.16. The van der Waals surface area contributed by atoms with Gasteiger partial charge in [-0.3, -0.25) is 0 Å². The van der Waals surface area contributed by atoms with E-state index in [4.69, 9.17) is 4.74 Å². The van der Waals surface area contributed by atoms with Gasteiger partial charge in [-0.25, -0.2) is 13.1 Å². The largest absolute Gasteiger partial charge is 0.381 e. The molecule has 1 aliphatic rings. The lowest BCUT2D eigenvalue weighted by molar-refractivity contribution is 0.136. The number of sulfonamides is 1. The van der Waals surface area contributed by atoms with E-state index in [-0.39, 0.29) is 11.9 Å². The predicted octanol–water partition coefficient (Wildman–Crippen LogP) is 1.25. The Morgan fingerprint density at radius 2 is 1.79 bits per heavy atom. The van der Waals surface area contributed by atoms with Crippen molar-refractivity contribution in [3.63, 3.8) is 0 Å². The Morgan fingerprint density at radius 3 is 2.37 bits per heavy atom. The molecule has 1 saturated carbocycles. The second-order valence-electron chi connectivity index (χ2n) is 5.36. The number of nitrogens with one attached hydrogen (secondary N) is 2. The summed E-state index contributed by atoms with van der Waals surface area (Å²) in [5.41, 5.74) is 0. The molecule has 0 spiro atoms. The maximum Gasteiger partial charge on any atom is 0.214 e. The van der Waals surface area contributed by atoms with Crippen LogP contribution >= 0.6 is 0 Å². The molecule has 0 radical (unpaired) electrons. The first kappa shape index (κ1) is 16.9. The Kier molecular flexibility index (Phi) is 7.90. The van der Waals surface area contributed by atoms with Gasteiger partial charge in [-0.2, -0.15) is 0 Å². The molecular formula is C13H28N2O3S. The summed E-state index contributed by atoms with van der Waals surface area (Å²) in [6.45, 7) is 2.91. The molecule has 1 rings (SSSR count). The Balaban J connectivity index is 2.15. The van der Waals surface area contributed by atoms with Gasteiger partial charge in [-0.1, -0.05) is 25.7 Å². The zero-order chi connectivity index (χ0) is 14.1. The number of hydrogen-bond donors (Lipinski definition) is 2. The number of hydrogen-bond acceptors (Lipinski definition) is 4. The van der Waals surface area contributed by atoms with E-state index in [1.807, 2.05) is 0 Å². The molecule has 0 aliphatic heterocycles. The minimum Gasteiger partial charge on any atom is -0.381 e. The molecule has 1 aliphatic carbocycles.